The fourth-order valence-corrected chi connectivity index (χ4v) is 4.25. The molecule has 0 spiro atoms. The summed E-state index contributed by atoms with van der Waals surface area (Å²) in [4.78, 5) is 26.0. The van der Waals surface area contributed by atoms with Gasteiger partial charge in [0.15, 0.2) is 0 Å². The molecule has 1 saturated carbocycles. The summed E-state index contributed by atoms with van der Waals surface area (Å²) in [5.41, 5.74) is 0. The predicted molar refractivity (Wildman–Crippen MR) is 86.1 cm³/mol. The van der Waals surface area contributed by atoms with E-state index in [0.29, 0.717) is 18.6 Å². The van der Waals surface area contributed by atoms with Gasteiger partial charge >= 0.3 is 0 Å². The van der Waals surface area contributed by atoms with E-state index in [9.17, 15) is 4.79 Å². The largest absolute Gasteiger partial charge is 0.374 e. The lowest BCUT2D eigenvalue weighted by molar-refractivity contribution is -0.148. The molecule has 0 bridgehead atoms. The Balaban J connectivity index is 1.45. The van der Waals surface area contributed by atoms with Crippen LogP contribution in [0.5, 0.6) is 0 Å². The van der Waals surface area contributed by atoms with Gasteiger partial charge in [-0.15, -0.1) is 0 Å². The van der Waals surface area contributed by atoms with E-state index in [1.807, 2.05) is 6.07 Å². The quantitative estimate of drug-likeness (QED) is 0.827. The second-order valence-corrected chi connectivity index (χ2v) is 6.77. The van der Waals surface area contributed by atoms with Gasteiger partial charge in [0.25, 0.3) is 0 Å². The number of nitrogens with zero attached hydrogens (tertiary/aromatic N) is 4. The number of hydrogen-bond acceptors (Lipinski definition) is 5. The zero-order valence-electron chi connectivity index (χ0n) is 13.4. The second-order valence-electron chi connectivity index (χ2n) is 6.77. The van der Waals surface area contributed by atoms with Gasteiger partial charge in [-0.2, -0.15) is 0 Å². The number of fused-ring (bicyclic) bond motifs is 1. The first-order chi connectivity index (χ1) is 11.3. The average molecular weight is 316 g/mol. The van der Waals surface area contributed by atoms with E-state index in [1.165, 1.54) is 6.42 Å². The van der Waals surface area contributed by atoms with Crippen LogP contribution in [0.25, 0.3) is 0 Å². The van der Waals surface area contributed by atoms with Crippen LogP contribution in [0, 0.1) is 5.92 Å². The molecule has 0 unspecified atom stereocenters. The minimum Gasteiger partial charge on any atom is -0.374 e. The van der Waals surface area contributed by atoms with Crippen LogP contribution in [0.3, 0.4) is 0 Å². The molecule has 4 rings (SSSR count). The molecule has 0 aromatic carbocycles. The fourth-order valence-electron chi connectivity index (χ4n) is 4.25. The molecule has 124 valence electrons. The van der Waals surface area contributed by atoms with Crippen molar-refractivity contribution < 1.29 is 9.53 Å². The summed E-state index contributed by atoms with van der Waals surface area (Å²) in [6, 6.07) is 2.13. The molecule has 1 amide bonds. The van der Waals surface area contributed by atoms with Crippen molar-refractivity contribution in [2.45, 2.75) is 44.2 Å². The topological polar surface area (TPSA) is 58.6 Å². The Morgan fingerprint density at radius 2 is 2.00 bits per heavy atom. The van der Waals surface area contributed by atoms with Crippen LogP contribution in [0.4, 0.5) is 5.95 Å². The van der Waals surface area contributed by atoms with Crippen molar-refractivity contribution in [2.24, 2.45) is 5.92 Å². The molecular formula is C17H24N4O2. The molecule has 0 radical (unpaired) electrons. The molecule has 3 atom stereocenters. The van der Waals surface area contributed by atoms with Gasteiger partial charge in [-0.05, 0) is 38.2 Å². The number of anilines is 1. The molecule has 1 aromatic heterocycles. The van der Waals surface area contributed by atoms with Crippen LogP contribution in [-0.4, -0.2) is 59.2 Å². The van der Waals surface area contributed by atoms with Crippen molar-refractivity contribution in [1.29, 1.82) is 0 Å². The number of aromatic nitrogens is 2. The zero-order chi connectivity index (χ0) is 15.6. The maximum Gasteiger partial charge on any atom is 0.227 e. The predicted octanol–water partition coefficient (Wildman–Crippen LogP) is 1.47. The van der Waals surface area contributed by atoms with Crippen LogP contribution < -0.4 is 4.90 Å². The highest BCUT2D eigenvalue weighted by Crippen LogP contribution is 2.32. The maximum absolute atomic E-state index is 13.1. The van der Waals surface area contributed by atoms with E-state index in [1.54, 1.807) is 12.4 Å². The van der Waals surface area contributed by atoms with E-state index in [-0.39, 0.29) is 12.0 Å². The highest BCUT2D eigenvalue weighted by atomic mass is 16.5. The summed E-state index contributed by atoms with van der Waals surface area (Å²) in [5, 5.41) is 0. The van der Waals surface area contributed by atoms with Crippen LogP contribution in [0.15, 0.2) is 18.5 Å². The molecule has 2 saturated heterocycles. The molecule has 6 heteroatoms. The third kappa shape index (κ3) is 2.92. The standard InChI is InChI=1S/C17H24N4O2/c22-16(21-10-11-23-15-6-1-5-14(15)21)13-4-2-9-20(12-13)17-18-7-3-8-19-17/h3,7-8,13-15H,1-2,4-6,9-12H2/t13-,14+,15+/m1/s1. The summed E-state index contributed by atoms with van der Waals surface area (Å²) in [5.74, 6) is 1.11. The zero-order valence-corrected chi connectivity index (χ0v) is 13.4. The van der Waals surface area contributed by atoms with Gasteiger partial charge in [0, 0.05) is 32.0 Å². The van der Waals surface area contributed by atoms with E-state index in [2.05, 4.69) is 19.8 Å². The van der Waals surface area contributed by atoms with E-state index >= 15 is 0 Å². The van der Waals surface area contributed by atoms with Gasteiger partial charge in [0.05, 0.1) is 24.7 Å². The molecule has 2 aliphatic heterocycles. The van der Waals surface area contributed by atoms with Gasteiger partial charge in [0.2, 0.25) is 11.9 Å². The average Bonchev–Trinajstić information content (AvgIpc) is 3.11. The molecule has 3 aliphatic rings. The summed E-state index contributed by atoms with van der Waals surface area (Å²) in [6.07, 6.45) is 9.15. The third-order valence-corrected chi connectivity index (χ3v) is 5.37. The third-order valence-electron chi connectivity index (χ3n) is 5.37. The van der Waals surface area contributed by atoms with Crippen molar-refractivity contribution in [3.8, 4) is 0 Å². The number of morpholine rings is 1. The number of rotatable bonds is 2. The Kier molecular flexibility index (Phi) is 4.16. The Bertz CT molecular complexity index is 553. The first kappa shape index (κ1) is 14.9. The molecule has 23 heavy (non-hydrogen) atoms. The number of amides is 1. The number of carbonyl (C=O) groups excluding carboxylic acids is 1. The second kappa shape index (κ2) is 6.43. The molecule has 3 heterocycles. The van der Waals surface area contributed by atoms with Gasteiger partial charge < -0.3 is 14.5 Å². The summed E-state index contributed by atoms with van der Waals surface area (Å²) in [7, 11) is 0. The highest BCUT2D eigenvalue weighted by molar-refractivity contribution is 5.80. The summed E-state index contributed by atoms with van der Waals surface area (Å²) < 4.78 is 5.84. The monoisotopic (exact) mass is 316 g/mol. The van der Waals surface area contributed by atoms with Gasteiger partial charge in [0.1, 0.15) is 0 Å². The van der Waals surface area contributed by atoms with Gasteiger partial charge in [-0.1, -0.05) is 0 Å². The fraction of sp³-hybridized carbons (Fsp3) is 0.706. The Morgan fingerprint density at radius 1 is 1.13 bits per heavy atom. The van der Waals surface area contributed by atoms with Crippen LogP contribution in [-0.2, 0) is 9.53 Å². The molecule has 3 fully saturated rings. The molecular weight excluding hydrogens is 292 g/mol. The smallest absolute Gasteiger partial charge is 0.227 e. The van der Waals surface area contributed by atoms with E-state index in [4.69, 9.17) is 4.74 Å². The maximum atomic E-state index is 13.1. The van der Waals surface area contributed by atoms with Crippen molar-refractivity contribution in [3.05, 3.63) is 18.5 Å². The summed E-state index contributed by atoms with van der Waals surface area (Å²) >= 11 is 0. The Labute approximate surface area is 136 Å². The molecule has 1 aliphatic carbocycles. The highest BCUT2D eigenvalue weighted by Gasteiger charge is 2.41. The van der Waals surface area contributed by atoms with Crippen LogP contribution >= 0.6 is 0 Å². The lowest BCUT2D eigenvalue weighted by atomic mass is 9.95. The van der Waals surface area contributed by atoms with Gasteiger partial charge in [-0.25, -0.2) is 9.97 Å². The molecule has 1 aromatic rings. The Morgan fingerprint density at radius 3 is 2.87 bits per heavy atom. The number of hydrogen-bond donors (Lipinski definition) is 0. The first-order valence-electron chi connectivity index (χ1n) is 8.77. The van der Waals surface area contributed by atoms with Crippen molar-refractivity contribution in [2.75, 3.05) is 31.1 Å². The first-order valence-corrected chi connectivity index (χ1v) is 8.77. The SMILES string of the molecule is O=C([C@@H]1CCCN(c2ncccn2)C1)N1CCO[C@H]2CCC[C@@H]21. The van der Waals surface area contributed by atoms with E-state index < -0.39 is 0 Å². The van der Waals surface area contributed by atoms with Crippen LogP contribution in [0.2, 0.25) is 0 Å². The normalized spacial score (nSPS) is 31.0. The molecule has 6 nitrogen and oxygen atoms in total. The number of ether oxygens (including phenoxy) is 1. The summed E-state index contributed by atoms with van der Waals surface area (Å²) in [6.45, 7) is 3.10. The van der Waals surface area contributed by atoms with Crippen molar-refractivity contribution in [3.63, 3.8) is 0 Å². The number of carbonyl (C=O) groups is 1. The van der Waals surface area contributed by atoms with Gasteiger partial charge in [-0.3, -0.25) is 4.79 Å². The lowest BCUT2D eigenvalue weighted by Gasteiger charge is -2.41. The van der Waals surface area contributed by atoms with E-state index in [0.717, 1.165) is 51.3 Å². The van der Waals surface area contributed by atoms with Crippen molar-refractivity contribution >= 4 is 11.9 Å². The lowest BCUT2D eigenvalue weighted by Crippen LogP contribution is -2.55. The minimum absolute atomic E-state index is 0.0620. The van der Waals surface area contributed by atoms with Crippen molar-refractivity contribution in [1.82, 2.24) is 14.9 Å². The molecule has 0 N–H and O–H groups in total. The Hall–Kier alpha value is -1.69. The number of piperidine rings is 1. The van der Waals surface area contributed by atoms with Crippen LogP contribution in [0.1, 0.15) is 32.1 Å². The minimum atomic E-state index is 0.0620.